The molecule has 1 aromatic carbocycles. The Bertz CT molecular complexity index is 462. The zero-order valence-electron chi connectivity index (χ0n) is 12.8. The summed E-state index contributed by atoms with van der Waals surface area (Å²) < 4.78 is 5.23. The van der Waals surface area contributed by atoms with Crippen LogP contribution in [0, 0.1) is 0 Å². The van der Waals surface area contributed by atoms with Crippen molar-refractivity contribution in [3.63, 3.8) is 0 Å². The first-order valence-electron chi connectivity index (χ1n) is 6.79. The quantitative estimate of drug-likeness (QED) is 0.861. The monoisotopic (exact) mass is 277 g/mol. The normalized spacial score (nSPS) is 14.2. The van der Waals surface area contributed by atoms with Crippen molar-refractivity contribution < 1.29 is 14.3 Å². The number of carbonyl (C=O) groups excluding carboxylic acids is 2. The van der Waals surface area contributed by atoms with E-state index in [1.54, 1.807) is 27.7 Å². The van der Waals surface area contributed by atoms with Crippen LogP contribution in [0.5, 0.6) is 0 Å². The van der Waals surface area contributed by atoms with Gasteiger partial charge in [-0.1, -0.05) is 30.3 Å². The van der Waals surface area contributed by atoms with Crippen LogP contribution in [0.1, 0.15) is 46.1 Å². The molecule has 0 fully saturated rings. The van der Waals surface area contributed by atoms with Gasteiger partial charge in [-0.25, -0.2) is 4.79 Å². The highest BCUT2D eigenvalue weighted by Gasteiger charge is 2.25. The number of benzene rings is 1. The van der Waals surface area contributed by atoms with Crippen molar-refractivity contribution in [1.82, 2.24) is 5.32 Å². The van der Waals surface area contributed by atoms with E-state index in [0.29, 0.717) is 0 Å². The molecule has 0 spiro atoms. The van der Waals surface area contributed by atoms with E-state index in [1.807, 2.05) is 37.3 Å². The highest BCUT2D eigenvalue weighted by molar-refractivity contribution is 5.88. The van der Waals surface area contributed by atoms with E-state index in [4.69, 9.17) is 4.74 Å². The molecule has 0 aromatic heterocycles. The van der Waals surface area contributed by atoms with E-state index in [2.05, 4.69) is 5.32 Å². The Morgan fingerprint density at radius 2 is 1.65 bits per heavy atom. The maximum atomic E-state index is 12.1. The summed E-state index contributed by atoms with van der Waals surface area (Å²) in [6.45, 7) is 8.83. The molecule has 1 amide bonds. The first-order valence-corrected chi connectivity index (χ1v) is 6.79. The summed E-state index contributed by atoms with van der Waals surface area (Å²) in [6.07, 6.45) is 0. The van der Waals surface area contributed by atoms with Crippen LogP contribution in [-0.2, 0) is 14.3 Å². The average Bonchev–Trinajstić information content (AvgIpc) is 2.36. The third-order valence-corrected chi connectivity index (χ3v) is 2.81. The average molecular weight is 277 g/mol. The Morgan fingerprint density at radius 3 is 2.15 bits per heavy atom. The van der Waals surface area contributed by atoms with Gasteiger partial charge in [-0.15, -0.1) is 0 Å². The van der Waals surface area contributed by atoms with E-state index >= 15 is 0 Å². The zero-order chi connectivity index (χ0) is 15.3. The predicted octanol–water partition coefficient (Wildman–Crippen LogP) is 2.64. The molecular weight excluding hydrogens is 254 g/mol. The Hall–Kier alpha value is -1.84. The SMILES string of the molecule is CC(C(=O)N[C@@H](C)C(=O)OC(C)(C)C)c1ccccc1. The van der Waals surface area contributed by atoms with E-state index in [9.17, 15) is 9.59 Å². The Morgan fingerprint density at radius 1 is 1.10 bits per heavy atom. The van der Waals surface area contributed by atoms with Crippen LogP contribution in [0.3, 0.4) is 0 Å². The van der Waals surface area contributed by atoms with Gasteiger partial charge in [0.2, 0.25) is 5.91 Å². The van der Waals surface area contributed by atoms with Crippen LogP contribution < -0.4 is 5.32 Å². The van der Waals surface area contributed by atoms with Gasteiger partial charge in [-0.2, -0.15) is 0 Å². The molecule has 1 aromatic rings. The molecule has 0 bridgehead atoms. The predicted molar refractivity (Wildman–Crippen MR) is 78.3 cm³/mol. The Balaban J connectivity index is 2.60. The second-order valence-corrected chi connectivity index (χ2v) is 5.90. The molecule has 0 heterocycles. The summed E-state index contributed by atoms with van der Waals surface area (Å²) in [5.41, 5.74) is 0.364. The lowest BCUT2D eigenvalue weighted by Crippen LogP contribution is -2.43. The van der Waals surface area contributed by atoms with E-state index in [-0.39, 0.29) is 11.8 Å². The maximum absolute atomic E-state index is 12.1. The van der Waals surface area contributed by atoms with Gasteiger partial charge in [0.05, 0.1) is 5.92 Å². The molecule has 4 nitrogen and oxygen atoms in total. The van der Waals surface area contributed by atoms with Gasteiger partial charge in [-0.3, -0.25) is 4.79 Å². The molecule has 110 valence electrons. The van der Waals surface area contributed by atoms with Gasteiger partial charge in [0.25, 0.3) is 0 Å². The van der Waals surface area contributed by atoms with Crippen LogP contribution in [0.15, 0.2) is 30.3 Å². The van der Waals surface area contributed by atoms with Crippen LogP contribution in [0.25, 0.3) is 0 Å². The summed E-state index contributed by atoms with van der Waals surface area (Å²) in [7, 11) is 0. The van der Waals surface area contributed by atoms with Gasteiger partial charge in [0.1, 0.15) is 11.6 Å². The van der Waals surface area contributed by atoms with E-state index in [1.165, 1.54) is 0 Å². The lowest BCUT2D eigenvalue weighted by Gasteiger charge is -2.23. The first-order chi connectivity index (χ1) is 9.20. The summed E-state index contributed by atoms with van der Waals surface area (Å²) >= 11 is 0. The van der Waals surface area contributed by atoms with Crippen LogP contribution >= 0.6 is 0 Å². The molecule has 4 heteroatoms. The number of rotatable bonds is 4. The highest BCUT2D eigenvalue weighted by atomic mass is 16.6. The summed E-state index contributed by atoms with van der Waals surface area (Å²) in [5, 5.41) is 2.69. The number of ether oxygens (including phenoxy) is 1. The van der Waals surface area contributed by atoms with Crippen molar-refractivity contribution in [2.75, 3.05) is 0 Å². The fourth-order valence-electron chi connectivity index (χ4n) is 1.68. The topological polar surface area (TPSA) is 55.4 Å². The Labute approximate surface area is 120 Å². The van der Waals surface area contributed by atoms with Gasteiger partial charge < -0.3 is 10.1 Å². The molecule has 0 aliphatic rings. The number of nitrogens with one attached hydrogen (secondary N) is 1. The second-order valence-electron chi connectivity index (χ2n) is 5.90. The largest absolute Gasteiger partial charge is 0.458 e. The van der Waals surface area contributed by atoms with E-state index < -0.39 is 17.6 Å². The fourth-order valence-corrected chi connectivity index (χ4v) is 1.68. The second kappa shape index (κ2) is 6.55. The highest BCUT2D eigenvalue weighted by Crippen LogP contribution is 2.15. The minimum absolute atomic E-state index is 0.186. The molecule has 1 rings (SSSR count). The molecule has 0 saturated heterocycles. The summed E-state index contributed by atoms with van der Waals surface area (Å²) in [4.78, 5) is 23.9. The van der Waals surface area contributed by atoms with Gasteiger partial charge in [0, 0.05) is 0 Å². The fraction of sp³-hybridized carbons (Fsp3) is 0.500. The molecule has 0 saturated carbocycles. The minimum atomic E-state index is -0.659. The van der Waals surface area contributed by atoms with Gasteiger partial charge >= 0.3 is 5.97 Å². The van der Waals surface area contributed by atoms with Crippen LogP contribution in [0.2, 0.25) is 0 Å². The number of amides is 1. The number of hydrogen-bond acceptors (Lipinski definition) is 3. The number of carbonyl (C=O) groups is 2. The van der Waals surface area contributed by atoms with Crippen molar-refractivity contribution in [2.24, 2.45) is 0 Å². The molecule has 0 radical (unpaired) electrons. The van der Waals surface area contributed by atoms with Gasteiger partial charge in [-0.05, 0) is 40.2 Å². The van der Waals surface area contributed by atoms with Crippen LogP contribution in [-0.4, -0.2) is 23.5 Å². The number of hydrogen-bond donors (Lipinski definition) is 1. The Kier molecular flexibility index (Phi) is 5.31. The standard InChI is InChI=1S/C16H23NO3/c1-11(13-9-7-6-8-10-13)14(18)17-12(2)15(19)20-16(3,4)5/h6-12H,1-5H3,(H,17,18)/t11?,12-/m0/s1. The lowest BCUT2D eigenvalue weighted by atomic mass is 10.0. The molecule has 1 unspecified atom stereocenters. The van der Waals surface area contributed by atoms with Crippen molar-refractivity contribution in [2.45, 2.75) is 52.2 Å². The maximum Gasteiger partial charge on any atom is 0.328 e. The van der Waals surface area contributed by atoms with Crippen molar-refractivity contribution >= 4 is 11.9 Å². The third kappa shape index (κ3) is 5.03. The zero-order valence-corrected chi connectivity index (χ0v) is 12.8. The van der Waals surface area contributed by atoms with E-state index in [0.717, 1.165) is 5.56 Å². The first kappa shape index (κ1) is 16.2. The lowest BCUT2D eigenvalue weighted by molar-refractivity contribution is -0.158. The van der Waals surface area contributed by atoms with Crippen molar-refractivity contribution in [3.8, 4) is 0 Å². The van der Waals surface area contributed by atoms with Crippen LogP contribution in [0.4, 0.5) is 0 Å². The summed E-state index contributed by atoms with van der Waals surface area (Å²) in [5.74, 6) is -0.915. The summed E-state index contributed by atoms with van der Waals surface area (Å²) in [6, 6.07) is 8.79. The molecule has 1 N–H and O–H groups in total. The molecule has 0 aliphatic heterocycles. The van der Waals surface area contributed by atoms with Gasteiger partial charge in [0.15, 0.2) is 0 Å². The van der Waals surface area contributed by atoms with Crippen molar-refractivity contribution in [3.05, 3.63) is 35.9 Å². The number of esters is 1. The smallest absolute Gasteiger partial charge is 0.328 e. The minimum Gasteiger partial charge on any atom is -0.458 e. The van der Waals surface area contributed by atoms with Crippen molar-refractivity contribution in [1.29, 1.82) is 0 Å². The molecular formula is C16H23NO3. The molecule has 2 atom stereocenters. The molecule has 0 aliphatic carbocycles. The third-order valence-electron chi connectivity index (χ3n) is 2.81. The molecule has 20 heavy (non-hydrogen) atoms.